The molecule has 0 radical (unpaired) electrons. The quantitative estimate of drug-likeness (QED) is 0.385. The largest absolute Gasteiger partial charge is 0.450 e. The Balaban J connectivity index is 1.62. The van der Waals surface area contributed by atoms with Gasteiger partial charge in [-0.25, -0.2) is 14.6 Å². The third kappa shape index (κ3) is 6.56. The van der Waals surface area contributed by atoms with Crippen molar-refractivity contribution in [2.75, 3.05) is 36.1 Å². The minimum atomic E-state index is -0.460. The number of alkyl carbamates (subject to hydrolysis) is 1. The maximum absolute atomic E-state index is 12.5. The van der Waals surface area contributed by atoms with Gasteiger partial charge in [-0.3, -0.25) is 5.32 Å². The molecular formula is C23H28N6O3. The standard InChI is InChI=1S/C23H28N6O3/c1-15(2)19-14-20(25-11-6-12-32-23(31)24-3)28-21(27-19)29-22(30)26-18-10-9-16-7-4-5-8-17(16)13-18/h4-5,7-10,13-15H,6,11-12H2,1-3H3,(H,24,31)(H3,25,26,27,28,29,30). The molecule has 3 amide bonds. The fraction of sp³-hybridized carbons (Fsp3) is 0.304. The summed E-state index contributed by atoms with van der Waals surface area (Å²) in [7, 11) is 1.51. The highest BCUT2D eigenvalue weighted by Gasteiger charge is 2.11. The van der Waals surface area contributed by atoms with E-state index in [0.717, 1.165) is 16.5 Å². The summed E-state index contributed by atoms with van der Waals surface area (Å²) in [5.41, 5.74) is 1.47. The minimum Gasteiger partial charge on any atom is -0.450 e. The summed E-state index contributed by atoms with van der Waals surface area (Å²) < 4.78 is 4.96. The first kappa shape index (κ1) is 22.8. The van der Waals surface area contributed by atoms with E-state index >= 15 is 0 Å². The Morgan fingerprint density at radius 3 is 2.53 bits per heavy atom. The first-order valence-corrected chi connectivity index (χ1v) is 10.5. The number of benzene rings is 2. The Labute approximate surface area is 187 Å². The van der Waals surface area contributed by atoms with E-state index in [9.17, 15) is 9.59 Å². The van der Waals surface area contributed by atoms with Gasteiger partial charge in [-0.2, -0.15) is 4.98 Å². The number of carbonyl (C=O) groups excluding carboxylic acids is 2. The zero-order chi connectivity index (χ0) is 22.9. The maximum Gasteiger partial charge on any atom is 0.406 e. The van der Waals surface area contributed by atoms with E-state index < -0.39 is 12.1 Å². The Bertz CT molecular complexity index is 1090. The van der Waals surface area contributed by atoms with Gasteiger partial charge in [0.25, 0.3) is 0 Å². The molecule has 4 N–H and O–H groups in total. The second-order valence-corrected chi connectivity index (χ2v) is 7.46. The normalized spacial score (nSPS) is 10.6. The summed E-state index contributed by atoms with van der Waals surface area (Å²) >= 11 is 0. The van der Waals surface area contributed by atoms with Crippen LogP contribution in [0, 0.1) is 0 Å². The fourth-order valence-electron chi connectivity index (χ4n) is 2.96. The van der Waals surface area contributed by atoms with E-state index in [2.05, 4.69) is 31.2 Å². The molecule has 3 aromatic rings. The number of ether oxygens (including phenoxy) is 1. The molecule has 0 aliphatic heterocycles. The average molecular weight is 437 g/mol. The third-order valence-electron chi connectivity index (χ3n) is 4.63. The van der Waals surface area contributed by atoms with Crippen LogP contribution in [0.3, 0.4) is 0 Å². The topological polar surface area (TPSA) is 117 Å². The Hall–Kier alpha value is -3.88. The van der Waals surface area contributed by atoms with E-state index in [4.69, 9.17) is 4.74 Å². The number of nitrogens with one attached hydrogen (secondary N) is 4. The van der Waals surface area contributed by atoms with Crippen molar-refractivity contribution in [2.45, 2.75) is 26.2 Å². The van der Waals surface area contributed by atoms with Crippen molar-refractivity contribution in [1.82, 2.24) is 15.3 Å². The lowest BCUT2D eigenvalue weighted by Gasteiger charge is -2.13. The molecule has 0 aliphatic rings. The molecule has 2 aromatic carbocycles. The van der Waals surface area contributed by atoms with Crippen molar-refractivity contribution in [2.24, 2.45) is 0 Å². The number of hydrogen-bond donors (Lipinski definition) is 4. The van der Waals surface area contributed by atoms with Gasteiger partial charge in [-0.15, -0.1) is 0 Å². The van der Waals surface area contributed by atoms with Gasteiger partial charge < -0.3 is 20.7 Å². The Morgan fingerprint density at radius 1 is 1.00 bits per heavy atom. The summed E-state index contributed by atoms with van der Waals surface area (Å²) in [5.74, 6) is 0.947. The number of hydrogen-bond acceptors (Lipinski definition) is 6. The number of aromatic nitrogens is 2. The summed E-state index contributed by atoms with van der Waals surface area (Å²) in [5, 5.41) is 13.2. The van der Waals surface area contributed by atoms with Gasteiger partial charge in [0.15, 0.2) is 0 Å². The van der Waals surface area contributed by atoms with Crippen molar-refractivity contribution in [3.05, 3.63) is 54.2 Å². The van der Waals surface area contributed by atoms with Gasteiger partial charge in [0.2, 0.25) is 5.95 Å². The monoisotopic (exact) mass is 436 g/mol. The van der Waals surface area contributed by atoms with E-state index in [0.29, 0.717) is 24.5 Å². The summed E-state index contributed by atoms with van der Waals surface area (Å²) in [4.78, 5) is 32.4. The highest BCUT2D eigenvalue weighted by molar-refractivity contribution is 6.00. The SMILES string of the molecule is CNC(=O)OCCCNc1cc(C(C)C)nc(NC(=O)Nc2ccc3ccccc3c2)n1. The summed E-state index contributed by atoms with van der Waals surface area (Å²) in [6.07, 6.45) is 0.151. The van der Waals surface area contributed by atoms with Crippen LogP contribution in [-0.4, -0.2) is 42.3 Å². The van der Waals surface area contributed by atoms with Crippen LogP contribution >= 0.6 is 0 Å². The molecule has 0 fully saturated rings. The van der Waals surface area contributed by atoms with Crippen molar-refractivity contribution in [3.8, 4) is 0 Å². The highest BCUT2D eigenvalue weighted by atomic mass is 16.5. The van der Waals surface area contributed by atoms with Crippen LogP contribution in [-0.2, 0) is 4.74 Å². The first-order chi connectivity index (χ1) is 15.4. The molecular weight excluding hydrogens is 408 g/mol. The summed E-state index contributed by atoms with van der Waals surface area (Å²) in [6, 6.07) is 15.1. The number of anilines is 3. The molecule has 0 bridgehead atoms. The van der Waals surface area contributed by atoms with Crippen LogP contribution in [0.15, 0.2) is 48.5 Å². The molecule has 1 aromatic heterocycles. The minimum absolute atomic E-state index is 0.152. The lowest BCUT2D eigenvalue weighted by molar-refractivity contribution is 0.148. The molecule has 0 atom stereocenters. The summed E-state index contributed by atoms with van der Waals surface area (Å²) in [6.45, 7) is 4.87. The first-order valence-electron chi connectivity index (χ1n) is 10.5. The predicted molar refractivity (Wildman–Crippen MR) is 126 cm³/mol. The van der Waals surface area contributed by atoms with E-state index in [1.165, 1.54) is 7.05 Å². The number of fused-ring (bicyclic) bond motifs is 1. The number of amides is 3. The van der Waals surface area contributed by atoms with Crippen LogP contribution in [0.5, 0.6) is 0 Å². The molecule has 9 nitrogen and oxygen atoms in total. The predicted octanol–water partition coefficient (Wildman–Crippen LogP) is 4.56. The molecule has 3 rings (SSSR count). The molecule has 0 saturated carbocycles. The fourth-order valence-corrected chi connectivity index (χ4v) is 2.96. The smallest absolute Gasteiger partial charge is 0.406 e. The second-order valence-electron chi connectivity index (χ2n) is 7.46. The Morgan fingerprint density at radius 2 is 1.78 bits per heavy atom. The number of rotatable bonds is 8. The second kappa shape index (κ2) is 10.9. The van der Waals surface area contributed by atoms with Crippen LogP contribution in [0.25, 0.3) is 10.8 Å². The van der Waals surface area contributed by atoms with Crippen molar-refractivity contribution in [3.63, 3.8) is 0 Å². The molecule has 0 saturated heterocycles. The van der Waals surface area contributed by atoms with Gasteiger partial charge in [0.05, 0.1) is 12.3 Å². The number of nitrogens with zero attached hydrogens (tertiary/aromatic N) is 2. The number of carbonyl (C=O) groups is 2. The van der Waals surface area contributed by atoms with E-state index in [-0.39, 0.29) is 18.5 Å². The molecule has 0 aliphatic carbocycles. The van der Waals surface area contributed by atoms with E-state index in [1.54, 1.807) is 0 Å². The van der Waals surface area contributed by atoms with Crippen molar-refractivity contribution < 1.29 is 14.3 Å². The lowest BCUT2D eigenvalue weighted by atomic mass is 10.1. The van der Waals surface area contributed by atoms with Gasteiger partial charge >= 0.3 is 12.1 Å². The molecule has 9 heteroatoms. The number of urea groups is 1. The van der Waals surface area contributed by atoms with Gasteiger partial charge in [0.1, 0.15) is 5.82 Å². The molecule has 1 heterocycles. The molecule has 0 unspecified atom stereocenters. The zero-order valence-electron chi connectivity index (χ0n) is 18.4. The lowest BCUT2D eigenvalue weighted by Crippen LogP contribution is -2.22. The van der Waals surface area contributed by atoms with Gasteiger partial charge in [-0.1, -0.05) is 44.2 Å². The van der Waals surface area contributed by atoms with Gasteiger partial charge in [-0.05, 0) is 35.2 Å². The maximum atomic E-state index is 12.5. The molecule has 168 valence electrons. The van der Waals surface area contributed by atoms with Crippen molar-refractivity contribution in [1.29, 1.82) is 0 Å². The van der Waals surface area contributed by atoms with Crippen LogP contribution < -0.4 is 21.3 Å². The van der Waals surface area contributed by atoms with Crippen molar-refractivity contribution >= 4 is 40.4 Å². The average Bonchev–Trinajstić information content (AvgIpc) is 2.78. The molecule has 0 spiro atoms. The zero-order valence-corrected chi connectivity index (χ0v) is 18.4. The van der Waals surface area contributed by atoms with Crippen LogP contribution in [0.2, 0.25) is 0 Å². The van der Waals surface area contributed by atoms with E-state index in [1.807, 2.05) is 62.4 Å². The highest BCUT2D eigenvalue weighted by Crippen LogP contribution is 2.20. The third-order valence-corrected chi connectivity index (χ3v) is 4.63. The van der Waals surface area contributed by atoms with Crippen LogP contribution in [0.1, 0.15) is 31.9 Å². The molecule has 32 heavy (non-hydrogen) atoms. The van der Waals surface area contributed by atoms with Gasteiger partial charge in [0, 0.05) is 25.3 Å². The van der Waals surface area contributed by atoms with Crippen LogP contribution in [0.4, 0.5) is 27.0 Å². The Kier molecular flexibility index (Phi) is 7.80.